The molecule has 0 aliphatic carbocycles. The predicted molar refractivity (Wildman–Crippen MR) is 59.4 cm³/mol. The Morgan fingerprint density at radius 1 is 1.62 bits per heavy atom. The van der Waals surface area contributed by atoms with Crippen LogP contribution in [-0.2, 0) is 4.74 Å². The Bertz CT molecular complexity index is 143. The smallest absolute Gasteiger partial charge is 0.0477 e. The molecule has 1 rings (SSSR count). The van der Waals surface area contributed by atoms with Crippen LogP contribution in [0.2, 0.25) is 0 Å². The number of nitrogens with zero attached hydrogens (tertiary/aromatic N) is 1. The molecule has 0 saturated carbocycles. The third kappa shape index (κ3) is 3.56. The van der Waals surface area contributed by atoms with Gasteiger partial charge in [0.05, 0.1) is 0 Å². The van der Waals surface area contributed by atoms with Crippen LogP contribution in [-0.4, -0.2) is 43.1 Å². The van der Waals surface area contributed by atoms with Crippen LogP contribution in [0.5, 0.6) is 0 Å². The second kappa shape index (κ2) is 5.99. The van der Waals surface area contributed by atoms with Crippen molar-refractivity contribution in [3.05, 3.63) is 0 Å². The van der Waals surface area contributed by atoms with Crippen LogP contribution < -0.4 is 0 Å². The van der Waals surface area contributed by atoms with Gasteiger partial charge in [-0.15, -0.1) is 0 Å². The first kappa shape index (κ1) is 11.5. The molecule has 1 heterocycles. The minimum absolute atomic E-state index is 0.684. The highest BCUT2D eigenvalue weighted by Gasteiger charge is 2.24. The lowest BCUT2D eigenvalue weighted by molar-refractivity contribution is 0.151. The highest BCUT2D eigenvalue weighted by molar-refractivity contribution is 9.09. The van der Waals surface area contributed by atoms with Crippen molar-refractivity contribution in [2.75, 3.05) is 32.1 Å². The topological polar surface area (TPSA) is 12.5 Å². The number of rotatable bonds is 5. The second-order valence-corrected chi connectivity index (χ2v) is 4.58. The van der Waals surface area contributed by atoms with Gasteiger partial charge in [-0.1, -0.05) is 15.9 Å². The van der Waals surface area contributed by atoms with Gasteiger partial charge in [0.25, 0.3) is 0 Å². The Labute approximate surface area is 89.8 Å². The summed E-state index contributed by atoms with van der Waals surface area (Å²) in [5, 5.41) is 1.15. The van der Waals surface area contributed by atoms with E-state index in [0.29, 0.717) is 6.04 Å². The summed E-state index contributed by atoms with van der Waals surface area (Å²) in [5.41, 5.74) is 0. The Kier molecular flexibility index (Phi) is 5.29. The molecule has 0 aromatic carbocycles. The summed E-state index contributed by atoms with van der Waals surface area (Å²) in [7, 11) is 1.78. The molecule has 2 nitrogen and oxygen atoms in total. The second-order valence-electron chi connectivity index (χ2n) is 3.93. The van der Waals surface area contributed by atoms with Gasteiger partial charge >= 0.3 is 0 Å². The third-order valence-electron chi connectivity index (χ3n) is 2.90. The predicted octanol–water partition coefficient (Wildman–Crippen LogP) is 2.13. The molecule has 2 unspecified atom stereocenters. The number of hydrogen-bond acceptors (Lipinski definition) is 2. The first-order valence-corrected chi connectivity index (χ1v) is 6.19. The van der Waals surface area contributed by atoms with Crippen LogP contribution in [0.3, 0.4) is 0 Å². The number of halogens is 1. The molecule has 1 fully saturated rings. The van der Waals surface area contributed by atoms with Gasteiger partial charge in [-0.2, -0.15) is 0 Å². The molecule has 0 bridgehead atoms. The number of ether oxygens (including phenoxy) is 1. The van der Waals surface area contributed by atoms with Gasteiger partial charge in [0, 0.05) is 31.6 Å². The molecular weight excluding hydrogens is 230 g/mol. The normalized spacial score (nSPS) is 26.5. The van der Waals surface area contributed by atoms with Gasteiger partial charge in [0.1, 0.15) is 0 Å². The lowest BCUT2D eigenvalue weighted by atomic mass is 10.2. The summed E-state index contributed by atoms with van der Waals surface area (Å²) in [6.45, 7) is 5.71. The molecule has 1 aliphatic heterocycles. The van der Waals surface area contributed by atoms with E-state index in [1.54, 1.807) is 7.11 Å². The Balaban J connectivity index is 2.20. The lowest BCUT2D eigenvalue weighted by Gasteiger charge is -2.23. The van der Waals surface area contributed by atoms with Crippen LogP contribution in [0, 0.1) is 5.92 Å². The maximum atomic E-state index is 5.09. The van der Waals surface area contributed by atoms with Crippen molar-refractivity contribution in [1.29, 1.82) is 0 Å². The zero-order chi connectivity index (χ0) is 9.68. The number of hydrogen-bond donors (Lipinski definition) is 0. The molecule has 0 aromatic rings. The zero-order valence-electron chi connectivity index (χ0n) is 8.63. The molecule has 2 atom stereocenters. The van der Waals surface area contributed by atoms with E-state index < -0.39 is 0 Å². The standard InChI is InChI=1S/C10H20BrNO/c1-9(4-6-13-2)12-5-3-10(7-11)8-12/h9-10H,3-8H2,1-2H3. The highest BCUT2D eigenvalue weighted by atomic mass is 79.9. The Hall–Kier alpha value is 0.400. The zero-order valence-corrected chi connectivity index (χ0v) is 10.2. The molecule has 0 aromatic heterocycles. The molecule has 3 heteroatoms. The van der Waals surface area contributed by atoms with E-state index in [1.165, 1.54) is 19.5 Å². The van der Waals surface area contributed by atoms with Gasteiger partial charge in [-0.05, 0) is 32.2 Å². The average molecular weight is 250 g/mol. The van der Waals surface area contributed by atoms with Crippen LogP contribution >= 0.6 is 15.9 Å². The van der Waals surface area contributed by atoms with Crippen molar-refractivity contribution >= 4 is 15.9 Å². The van der Waals surface area contributed by atoms with Crippen LogP contribution in [0.4, 0.5) is 0 Å². The maximum Gasteiger partial charge on any atom is 0.0477 e. The number of likely N-dealkylation sites (tertiary alicyclic amines) is 1. The van der Waals surface area contributed by atoms with Gasteiger partial charge in [0.15, 0.2) is 0 Å². The van der Waals surface area contributed by atoms with Gasteiger partial charge in [0.2, 0.25) is 0 Å². The number of methoxy groups -OCH3 is 1. The molecule has 0 amide bonds. The Morgan fingerprint density at radius 3 is 2.92 bits per heavy atom. The first-order valence-electron chi connectivity index (χ1n) is 5.07. The largest absolute Gasteiger partial charge is 0.385 e. The van der Waals surface area contributed by atoms with Crippen molar-refractivity contribution in [1.82, 2.24) is 4.90 Å². The summed E-state index contributed by atoms with van der Waals surface area (Å²) in [6.07, 6.45) is 2.51. The van der Waals surface area contributed by atoms with Crippen LogP contribution in [0.15, 0.2) is 0 Å². The number of alkyl halides is 1. The van der Waals surface area contributed by atoms with Crippen molar-refractivity contribution < 1.29 is 4.74 Å². The summed E-state index contributed by atoms with van der Waals surface area (Å²) < 4.78 is 5.09. The van der Waals surface area contributed by atoms with Gasteiger partial charge in [-0.3, -0.25) is 0 Å². The minimum atomic E-state index is 0.684. The minimum Gasteiger partial charge on any atom is -0.385 e. The van der Waals surface area contributed by atoms with E-state index in [-0.39, 0.29) is 0 Å². The fourth-order valence-electron chi connectivity index (χ4n) is 1.86. The summed E-state index contributed by atoms with van der Waals surface area (Å²) in [4.78, 5) is 2.57. The first-order chi connectivity index (χ1) is 6.27. The molecule has 0 N–H and O–H groups in total. The molecule has 78 valence electrons. The fourth-order valence-corrected chi connectivity index (χ4v) is 2.39. The average Bonchev–Trinajstić information content (AvgIpc) is 2.62. The van der Waals surface area contributed by atoms with Crippen molar-refractivity contribution in [3.63, 3.8) is 0 Å². The molecular formula is C10H20BrNO. The van der Waals surface area contributed by atoms with E-state index in [9.17, 15) is 0 Å². The Morgan fingerprint density at radius 2 is 2.38 bits per heavy atom. The quantitative estimate of drug-likeness (QED) is 0.693. The molecule has 0 radical (unpaired) electrons. The van der Waals surface area contributed by atoms with E-state index in [4.69, 9.17) is 4.74 Å². The third-order valence-corrected chi connectivity index (χ3v) is 3.81. The maximum absolute atomic E-state index is 5.09. The summed E-state index contributed by atoms with van der Waals surface area (Å²) >= 11 is 3.55. The SMILES string of the molecule is COCCC(C)N1CCC(CBr)C1. The fraction of sp³-hybridized carbons (Fsp3) is 1.00. The molecule has 1 saturated heterocycles. The van der Waals surface area contributed by atoms with E-state index in [1.807, 2.05) is 0 Å². The van der Waals surface area contributed by atoms with Gasteiger partial charge in [-0.25, -0.2) is 0 Å². The molecule has 1 aliphatic rings. The summed E-state index contributed by atoms with van der Waals surface area (Å²) in [6, 6.07) is 0.684. The van der Waals surface area contributed by atoms with Crippen molar-refractivity contribution in [3.8, 4) is 0 Å². The summed E-state index contributed by atoms with van der Waals surface area (Å²) in [5.74, 6) is 0.866. The molecule has 0 spiro atoms. The monoisotopic (exact) mass is 249 g/mol. The van der Waals surface area contributed by atoms with Gasteiger partial charge < -0.3 is 9.64 Å². The van der Waals surface area contributed by atoms with Crippen molar-refractivity contribution in [2.24, 2.45) is 5.92 Å². The lowest BCUT2D eigenvalue weighted by Crippen LogP contribution is -2.31. The van der Waals surface area contributed by atoms with E-state index >= 15 is 0 Å². The highest BCUT2D eigenvalue weighted by Crippen LogP contribution is 2.21. The van der Waals surface area contributed by atoms with E-state index in [0.717, 1.165) is 24.3 Å². The van der Waals surface area contributed by atoms with Crippen LogP contribution in [0.25, 0.3) is 0 Å². The van der Waals surface area contributed by atoms with Crippen molar-refractivity contribution in [2.45, 2.75) is 25.8 Å². The molecule has 13 heavy (non-hydrogen) atoms. The van der Waals surface area contributed by atoms with Crippen LogP contribution in [0.1, 0.15) is 19.8 Å². The van der Waals surface area contributed by atoms with E-state index in [2.05, 4.69) is 27.8 Å².